The van der Waals surface area contributed by atoms with Gasteiger partial charge in [-0.1, -0.05) is 11.6 Å². The van der Waals surface area contributed by atoms with Crippen LogP contribution in [0.4, 0.5) is 0 Å². The van der Waals surface area contributed by atoms with Gasteiger partial charge < -0.3 is 14.2 Å². The molecule has 0 N–H and O–H groups in total. The zero-order valence-corrected chi connectivity index (χ0v) is 11.5. The molecule has 2 aliphatic heterocycles. The molecule has 2 heterocycles. The molecule has 3 aliphatic rings. The molecule has 0 aromatic carbocycles. The van der Waals surface area contributed by atoms with E-state index in [0.29, 0.717) is 17.6 Å². The van der Waals surface area contributed by atoms with E-state index >= 15 is 0 Å². The molecule has 0 aromatic heterocycles. The van der Waals surface area contributed by atoms with Crippen LogP contribution in [0.2, 0.25) is 0 Å². The highest BCUT2D eigenvalue weighted by molar-refractivity contribution is 5.93. The Morgan fingerprint density at radius 2 is 2.05 bits per heavy atom. The molecule has 1 saturated heterocycles. The maximum Gasteiger partial charge on any atom is 0.334 e. The molecule has 2 bridgehead atoms. The van der Waals surface area contributed by atoms with Gasteiger partial charge in [0.05, 0.1) is 20.1 Å². The lowest BCUT2D eigenvalue weighted by Gasteiger charge is -2.40. The third-order valence-electron chi connectivity index (χ3n) is 3.65. The van der Waals surface area contributed by atoms with Crippen molar-refractivity contribution >= 4 is 17.9 Å². The molecule has 0 amide bonds. The maximum atomic E-state index is 11.8. The summed E-state index contributed by atoms with van der Waals surface area (Å²) < 4.78 is 14.6. The van der Waals surface area contributed by atoms with Gasteiger partial charge in [0.1, 0.15) is 6.10 Å². The fraction of sp³-hybridized carbons (Fsp3) is 0.500. The average Bonchev–Trinajstić information content (AvgIpc) is 2.46. The molecule has 6 nitrogen and oxygen atoms in total. The topological polar surface area (TPSA) is 78.9 Å². The maximum absolute atomic E-state index is 11.8. The Labute approximate surface area is 116 Å². The minimum atomic E-state index is -0.631. The molecule has 0 radical (unpaired) electrons. The molecular formula is C14H16O6. The molecule has 0 unspecified atom stereocenters. The molecule has 0 saturated carbocycles. The summed E-state index contributed by atoms with van der Waals surface area (Å²) in [7, 11) is 2.59. The van der Waals surface area contributed by atoms with Gasteiger partial charge >= 0.3 is 17.9 Å². The smallest absolute Gasteiger partial charge is 0.334 e. The Kier molecular flexibility index (Phi) is 3.92. The van der Waals surface area contributed by atoms with E-state index in [-0.39, 0.29) is 5.92 Å². The number of rotatable bonds is 3. The van der Waals surface area contributed by atoms with E-state index < -0.39 is 29.9 Å². The summed E-state index contributed by atoms with van der Waals surface area (Å²) in [6, 6.07) is 0. The fourth-order valence-electron chi connectivity index (χ4n) is 2.59. The molecular weight excluding hydrogens is 264 g/mol. The lowest BCUT2D eigenvalue weighted by Crippen LogP contribution is -2.47. The second kappa shape index (κ2) is 5.48. The zero-order chi connectivity index (χ0) is 14.9. The molecule has 108 valence electrons. The van der Waals surface area contributed by atoms with E-state index in [9.17, 15) is 14.4 Å². The van der Waals surface area contributed by atoms with Crippen molar-refractivity contribution in [2.45, 2.75) is 19.4 Å². The highest BCUT2D eigenvalue weighted by Crippen LogP contribution is 2.40. The second-order valence-electron chi connectivity index (χ2n) is 4.83. The number of esters is 3. The standard InChI is InChI=1S/C14H16O6/c1-7(4-11(15)18-2)9-5-8-6-10(14(17)19-3)12(9)20-13(8)16/h4-5,9-10,12H,6H2,1-3H3/b7-4+/t9-,10-,12+/m0/s1. The number of carbonyl (C=O) groups is 3. The van der Waals surface area contributed by atoms with Crippen molar-refractivity contribution in [2.75, 3.05) is 14.2 Å². The van der Waals surface area contributed by atoms with E-state index in [1.807, 2.05) is 0 Å². The Hall–Kier alpha value is -2.11. The summed E-state index contributed by atoms with van der Waals surface area (Å²) in [6.45, 7) is 1.74. The number of carbonyl (C=O) groups excluding carboxylic acids is 3. The average molecular weight is 280 g/mol. The molecule has 6 heteroatoms. The van der Waals surface area contributed by atoms with Crippen molar-refractivity contribution in [1.29, 1.82) is 0 Å². The molecule has 1 fully saturated rings. The van der Waals surface area contributed by atoms with Gasteiger partial charge in [0.2, 0.25) is 0 Å². The predicted molar refractivity (Wildman–Crippen MR) is 67.3 cm³/mol. The molecule has 20 heavy (non-hydrogen) atoms. The van der Waals surface area contributed by atoms with Crippen molar-refractivity contribution < 1.29 is 28.6 Å². The molecule has 3 rings (SSSR count). The largest absolute Gasteiger partial charge is 0.469 e. The first-order chi connectivity index (χ1) is 9.47. The van der Waals surface area contributed by atoms with Gasteiger partial charge in [0.25, 0.3) is 0 Å². The van der Waals surface area contributed by atoms with Crippen molar-refractivity contribution in [3.63, 3.8) is 0 Å². The third kappa shape index (κ3) is 2.45. The van der Waals surface area contributed by atoms with Crippen LogP contribution in [0, 0.1) is 11.8 Å². The molecule has 3 atom stereocenters. The van der Waals surface area contributed by atoms with Crippen molar-refractivity contribution in [3.8, 4) is 0 Å². The lowest BCUT2D eigenvalue weighted by atomic mass is 9.74. The Morgan fingerprint density at radius 1 is 1.35 bits per heavy atom. The molecule has 0 aromatic rings. The van der Waals surface area contributed by atoms with Crippen LogP contribution in [0.1, 0.15) is 13.3 Å². The van der Waals surface area contributed by atoms with E-state index in [0.717, 1.165) is 0 Å². The van der Waals surface area contributed by atoms with E-state index in [1.165, 1.54) is 20.3 Å². The van der Waals surface area contributed by atoms with Gasteiger partial charge in [0.15, 0.2) is 0 Å². The van der Waals surface area contributed by atoms with Crippen LogP contribution in [0.25, 0.3) is 0 Å². The van der Waals surface area contributed by atoms with E-state index in [4.69, 9.17) is 9.47 Å². The summed E-state index contributed by atoms with van der Waals surface area (Å²) in [5.74, 6) is -2.13. The summed E-state index contributed by atoms with van der Waals surface area (Å²) in [5.41, 5.74) is 1.13. The van der Waals surface area contributed by atoms with Gasteiger partial charge in [0, 0.05) is 17.6 Å². The van der Waals surface area contributed by atoms with Crippen molar-refractivity contribution in [3.05, 3.63) is 23.3 Å². The monoisotopic (exact) mass is 280 g/mol. The molecule has 0 spiro atoms. The first-order valence-corrected chi connectivity index (χ1v) is 6.23. The van der Waals surface area contributed by atoms with Gasteiger partial charge in [-0.25, -0.2) is 9.59 Å². The number of fused-ring (bicyclic) bond motifs is 3. The van der Waals surface area contributed by atoms with Crippen LogP contribution in [-0.4, -0.2) is 38.2 Å². The van der Waals surface area contributed by atoms with Crippen LogP contribution in [0.15, 0.2) is 23.3 Å². The Morgan fingerprint density at radius 3 is 2.60 bits per heavy atom. The van der Waals surface area contributed by atoms with E-state index in [2.05, 4.69) is 4.74 Å². The number of methoxy groups -OCH3 is 2. The van der Waals surface area contributed by atoms with Crippen LogP contribution in [0.3, 0.4) is 0 Å². The van der Waals surface area contributed by atoms with Crippen LogP contribution < -0.4 is 0 Å². The van der Waals surface area contributed by atoms with Crippen LogP contribution in [0.5, 0.6) is 0 Å². The first-order valence-electron chi connectivity index (χ1n) is 6.23. The predicted octanol–water partition coefficient (Wildman–Crippen LogP) is 0.767. The van der Waals surface area contributed by atoms with Crippen LogP contribution in [-0.2, 0) is 28.6 Å². The summed E-state index contributed by atoms with van der Waals surface area (Å²) >= 11 is 0. The SMILES string of the molecule is COC(=O)/C=C(\C)[C@@H]1C=C2C[C@H](C(=O)OC)[C@@H]1OC2=O. The number of hydrogen-bond acceptors (Lipinski definition) is 6. The van der Waals surface area contributed by atoms with Gasteiger partial charge in [-0.2, -0.15) is 0 Å². The normalized spacial score (nSPS) is 28.6. The Balaban J connectivity index is 2.31. The highest BCUT2D eigenvalue weighted by atomic mass is 16.6. The summed E-state index contributed by atoms with van der Waals surface area (Å²) in [4.78, 5) is 34.7. The minimum absolute atomic E-state index is 0.306. The van der Waals surface area contributed by atoms with E-state index in [1.54, 1.807) is 13.0 Å². The summed E-state index contributed by atoms with van der Waals surface area (Å²) in [5, 5.41) is 0. The van der Waals surface area contributed by atoms with Crippen molar-refractivity contribution in [2.24, 2.45) is 11.8 Å². The number of ether oxygens (including phenoxy) is 3. The summed E-state index contributed by atoms with van der Waals surface area (Å²) in [6.07, 6.45) is 2.78. The van der Waals surface area contributed by atoms with Gasteiger partial charge in [-0.3, -0.25) is 4.79 Å². The number of hydrogen-bond donors (Lipinski definition) is 0. The van der Waals surface area contributed by atoms with Gasteiger partial charge in [-0.15, -0.1) is 0 Å². The lowest BCUT2D eigenvalue weighted by molar-refractivity contribution is -0.166. The van der Waals surface area contributed by atoms with Gasteiger partial charge in [-0.05, 0) is 13.3 Å². The quantitative estimate of drug-likeness (QED) is 0.431. The first kappa shape index (κ1) is 14.3. The van der Waals surface area contributed by atoms with Crippen molar-refractivity contribution in [1.82, 2.24) is 0 Å². The molecule has 1 aliphatic carbocycles. The minimum Gasteiger partial charge on any atom is -0.469 e. The Bertz CT molecular complexity index is 516. The highest BCUT2D eigenvalue weighted by Gasteiger charge is 2.47. The second-order valence-corrected chi connectivity index (χ2v) is 4.83. The van der Waals surface area contributed by atoms with Crippen LogP contribution >= 0.6 is 0 Å². The fourth-order valence-corrected chi connectivity index (χ4v) is 2.59. The third-order valence-corrected chi connectivity index (χ3v) is 3.65. The zero-order valence-electron chi connectivity index (χ0n) is 11.5.